The van der Waals surface area contributed by atoms with Gasteiger partial charge in [0, 0.05) is 13.1 Å². The molecule has 5 atom stereocenters. The Bertz CT molecular complexity index is 1190. The Morgan fingerprint density at radius 2 is 1.61 bits per heavy atom. The number of amides is 5. The Morgan fingerprint density at radius 1 is 0.980 bits per heavy atom. The Kier molecular flexibility index (Phi) is 15.8. The number of ether oxygens (including phenoxy) is 1. The summed E-state index contributed by atoms with van der Waals surface area (Å²) in [4.78, 5) is 82.8. The third kappa shape index (κ3) is 11.8. The molecule has 12 heteroatoms. The lowest BCUT2D eigenvalue weighted by Crippen LogP contribution is -2.63. The molecule has 0 radical (unpaired) electrons. The lowest BCUT2D eigenvalue weighted by atomic mass is 9.70. The average Bonchev–Trinajstić information content (AvgIpc) is 3.48. The van der Waals surface area contributed by atoms with Crippen LogP contribution >= 0.6 is 0 Å². The first kappa shape index (κ1) is 41.7. The van der Waals surface area contributed by atoms with E-state index in [1.54, 1.807) is 39.5 Å². The van der Waals surface area contributed by atoms with Crippen molar-refractivity contribution in [3.63, 3.8) is 0 Å². The number of hydrogen-bond donors (Lipinski definition) is 4. The number of carbonyl (C=O) groups is 6. The minimum absolute atomic E-state index is 0.0369. The number of unbranched alkanes of at least 4 members (excludes halogenated alkanes) is 1. The van der Waals surface area contributed by atoms with E-state index in [1.807, 2.05) is 27.7 Å². The lowest BCUT2D eigenvalue weighted by Gasteiger charge is -2.43. The van der Waals surface area contributed by atoms with Gasteiger partial charge in [0.15, 0.2) is 0 Å². The zero-order chi connectivity index (χ0) is 37.1. The zero-order valence-corrected chi connectivity index (χ0v) is 31.4. The van der Waals surface area contributed by atoms with Crippen molar-refractivity contribution >= 4 is 35.5 Å². The molecule has 2 rings (SSSR count). The molecule has 49 heavy (non-hydrogen) atoms. The molecule has 2 fully saturated rings. The molecule has 0 aromatic carbocycles. The van der Waals surface area contributed by atoms with Gasteiger partial charge < -0.3 is 30.9 Å². The second-order valence-corrected chi connectivity index (χ2v) is 15.8. The number of esters is 1. The summed E-state index contributed by atoms with van der Waals surface area (Å²) in [6.45, 7) is 20.8. The molecule has 1 heterocycles. The number of nitrogens with zero attached hydrogens (tertiary/aromatic N) is 1. The van der Waals surface area contributed by atoms with Crippen LogP contribution in [0.5, 0.6) is 0 Å². The van der Waals surface area contributed by atoms with Crippen LogP contribution in [0.25, 0.3) is 0 Å². The molecule has 1 aliphatic carbocycles. The highest BCUT2D eigenvalue weighted by Crippen LogP contribution is 2.41. The van der Waals surface area contributed by atoms with Gasteiger partial charge in [0.1, 0.15) is 23.7 Å². The standard InChI is InChI=1S/C37H63N5O7/c1-11-13-17-26(29(43)32(45)38-21-12-2)39-31(44)28-25(23(3)4)18-22-42(28)33(46)30(37(10)19-15-14-16-20-37)41-35(48)40-27(24(5)6)34(47)49-36(7,8)9/h12,23-28,30H,2,11,13-22H2,1,3-10H3,(H,38,45)(H,39,44)(H2,40,41,48)/t25?,26?,27-,28-,30+/m0/s1. The Morgan fingerprint density at radius 3 is 2.14 bits per heavy atom. The van der Waals surface area contributed by atoms with Crippen LogP contribution in [0, 0.1) is 23.2 Å². The summed E-state index contributed by atoms with van der Waals surface area (Å²) in [7, 11) is 0. The van der Waals surface area contributed by atoms with Crippen LogP contribution in [0.2, 0.25) is 0 Å². The molecule has 12 nitrogen and oxygen atoms in total. The van der Waals surface area contributed by atoms with Gasteiger partial charge in [0.2, 0.25) is 17.6 Å². The maximum atomic E-state index is 14.7. The average molecular weight is 690 g/mol. The van der Waals surface area contributed by atoms with Crippen LogP contribution in [0.3, 0.4) is 0 Å². The van der Waals surface area contributed by atoms with Crippen molar-refractivity contribution in [1.29, 1.82) is 0 Å². The van der Waals surface area contributed by atoms with E-state index >= 15 is 0 Å². The largest absolute Gasteiger partial charge is 0.458 e. The van der Waals surface area contributed by atoms with Crippen LogP contribution in [0.15, 0.2) is 12.7 Å². The fraction of sp³-hybridized carbons (Fsp3) is 0.784. The zero-order valence-electron chi connectivity index (χ0n) is 31.4. The highest BCUT2D eigenvalue weighted by molar-refractivity contribution is 6.38. The SMILES string of the molecule is C=CCNC(=O)C(=O)C(CCCC)NC(=O)[C@@H]1C(C(C)C)CCN1C(=O)[C@@H](NC(=O)N[C@H](C(=O)OC(C)(C)C)C(C)C)C1(C)CCCCC1. The fourth-order valence-corrected chi connectivity index (χ4v) is 6.97. The first-order chi connectivity index (χ1) is 22.9. The molecule has 0 bridgehead atoms. The highest BCUT2D eigenvalue weighted by Gasteiger charge is 2.50. The fourth-order valence-electron chi connectivity index (χ4n) is 6.97. The molecule has 278 valence electrons. The summed E-state index contributed by atoms with van der Waals surface area (Å²) in [6, 6.07) is -4.51. The predicted octanol–water partition coefficient (Wildman–Crippen LogP) is 4.41. The summed E-state index contributed by atoms with van der Waals surface area (Å²) in [6.07, 6.45) is 7.91. The van der Waals surface area contributed by atoms with Gasteiger partial charge in [-0.15, -0.1) is 6.58 Å². The molecule has 0 aromatic rings. The van der Waals surface area contributed by atoms with Crippen molar-refractivity contribution in [2.24, 2.45) is 23.2 Å². The van der Waals surface area contributed by atoms with Crippen LogP contribution in [-0.2, 0) is 28.7 Å². The molecule has 0 aromatic heterocycles. The molecular weight excluding hydrogens is 626 g/mol. The van der Waals surface area contributed by atoms with Crippen LogP contribution in [0.4, 0.5) is 4.79 Å². The van der Waals surface area contributed by atoms with E-state index in [1.165, 1.54) is 6.08 Å². The predicted molar refractivity (Wildman–Crippen MR) is 189 cm³/mol. The van der Waals surface area contributed by atoms with Crippen molar-refractivity contribution in [3.8, 4) is 0 Å². The van der Waals surface area contributed by atoms with Gasteiger partial charge in [0.25, 0.3) is 5.91 Å². The number of likely N-dealkylation sites (tertiary alicyclic amines) is 1. The maximum Gasteiger partial charge on any atom is 0.329 e. The van der Waals surface area contributed by atoms with Crippen molar-refractivity contribution < 1.29 is 33.5 Å². The van der Waals surface area contributed by atoms with Crippen molar-refractivity contribution in [1.82, 2.24) is 26.2 Å². The van der Waals surface area contributed by atoms with E-state index in [0.717, 1.165) is 25.7 Å². The molecular formula is C37H63N5O7. The number of rotatable bonds is 16. The van der Waals surface area contributed by atoms with E-state index in [2.05, 4.69) is 27.8 Å². The molecule has 2 aliphatic rings. The quantitative estimate of drug-likeness (QED) is 0.106. The normalized spacial score (nSPS) is 20.9. The van der Waals surface area contributed by atoms with Crippen molar-refractivity contribution in [2.75, 3.05) is 13.1 Å². The van der Waals surface area contributed by atoms with Gasteiger partial charge >= 0.3 is 12.0 Å². The van der Waals surface area contributed by atoms with E-state index in [9.17, 15) is 28.8 Å². The second-order valence-electron chi connectivity index (χ2n) is 15.8. The summed E-state index contributed by atoms with van der Waals surface area (Å²) in [5.41, 5.74) is -1.34. The minimum atomic E-state index is -1.04. The summed E-state index contributed by atoms with van der Waals surface area (Å²) in [5, 5.41) is 11.0. The summed E-state index contributed by atoms with van der Waals surface area (Å²) < 4.78 is 5.56. The second kappa shape index (κ2) is 18.5. The Balaban J connectivity index is 2.43. The van der Waals surface area contributed by atoms with Gasteiger partial charge in [-0.25, -0.2) is 9.59 Å². The topological polar surface area (TPSA) is 163 Å². The molecule has 1 aliphatic heterocycles. The molecule has 0 spiro atoms. The van der Waals surface area contributed by atoms with E-state index in [0.29, 0.717) is 32.2 Å². The van der Waals surface area contributed by atoms with Gasteiger partial charge in [-0.05, 0) is 69.6 Å². The third-order valence-corrected chi connectivity index (χ3v) is 9.79. The van der Waals surface area contributed by atoms with Gasteiger partial charge in [0.05, 0.1) is 6.04 Å². The summed E-state index contributed by atoms with van der Waals surface area (Å²) in [5.74, 6) is -3.41. The lowest BCUT2D eigenvalue weighted by molar-refractivity contribution is -0.158. The monoisotopic (exact) mass is 689 g/mol. The molecule has 2 unspecified atom stereocenters. The van der Waals surface area contributed by atoms with Crippen molar-refractivity contribution in [3.05, 3.63) is 12.7 Å². The maximum absolute atomic E-state index is 14.7. The molecule has 5 amide bonds. The van der Waals surface area contributed by atoms with Crippen molar-refractivity contribution in [2.45, 2.75) is 150 Å². The Labute approximate surface area is 293 Å². The van der Waals surface area contributed by atoms with Crippen LogP contribution < -0.4 is 21.3 Å². The first-order valence-corrected chi connectivity index (χ1v) is 18.2. The van der Waals surface area contributed by atoms with E-state index in [-0.39, 0.29) is 36.6 Å². The number of hydrogen-bond acceptors (Lipinski definition) is 7. The third-order valence-electron chi connectivity index (χ3n) is 9.79. The minimum Gasteiger partial charge on any atom is -0.458 e. The molecule has 4 N–H and O–H groups in total. The molecule has 1 saturated heterocycles. The Hall–Kier alpha value is -3.44. The van der Waals surface area contributed by atoms with Crippen LogP contribution in [0.1, 0.15) is 120 Å². The van der Waals surface area contributed by atoms with Gasteiger partial charge in [-0.3, -0.25) is 19.2 Å². The van der Waals surface area contributed by atoms with Crippen LogP contribution in [-0.4, -0.2) is 83.3 Å². The summed E-state index contributed by atoms with van der Waals surface area (Å²) >= 11 is 0. The number of nitrogens with one attached hydrogen (secondary N) is 4. The number of ketones is 1. The van der Waals surface area contributed by atoms with Gasteiger partial charge in [-0.2, -0.15) is 0 Å². The van der Waals surface area contributed by atoms with Gasteiger partial charge in [-0.1, -0.05) is 79.7 Å². The highest BCUT2D eigenvalue weighted by atomic mass is 16.6. The number of carbonyl (C=O) groups excluding carboxylic acids is 6. The van der Waals surface area contributed by atoms with E-state index in [4.69, 9.17) is 4.74 Å². The number of Topliss-reactive ketones (excluding diaryl/α,β-unsaturated/α-hetero) is 1. The smallest absolute Gasteiger partial charge is 0.329 e. The van der Waals surface area contributed by atoms with E-state index < -0.39 is 64.8 Å². The molecule has 1 saturated carbocycles. The number of urea groups is 1. The first-order valence-electron chi connectivity index (χ1n) is 18.2.